The molecule has 18 heavy (non-hydrogen) atoms. The van der Waals surface area contributed by atoms with E-state index in [0.29, 0.717) is 17.4 Å². The molecule has 0 amide bonds. The number of hydrogen-bond donors (Lipinski definition) is 2. The van der Waals surface area contributed by atoms with Crippen LogP contribution in [0.3, 0.4) is 0 Å². The minimum atomic E-state index is -0.483. The molecule has 2 fully saturated rings. The molecule has 0 aromatic carbocycles. The molecule has 106 valence electrons. The van der Waals surface area contributed by atoms with Crippen LogP contribution in [0.2, 0.25) is 0 Å². The van der Waals surface area contributed by atoms with Gasteiger partial charge < -0.3 is 15.2 Å². The van der Waals surface area contributed by atoms with E-state index < -0.39 is 5.60 Å². The Hall–Kier alpha value is -0.120. The van der Waals surface area contributed by atoms with Crippen LogP contribution in [0.4, 0.5) is 0 Å². The Morgan fingerprint density at radius 1 is 1.28 bits per heavy atom. The number of ether oxygens (including phenoxy) is 1. The van der Waals surface area contributed by atoms with Crippen molar-refractivity contribution in [1.82, 2.24) is 5.32 Å². The van der Waals surface area contributed by atoms with Crippen molar-refractivity contribution in [2.24, 2.45) is 11.3 Å². The van der Waals surface area contributed by atoms with Crippen LogP contribution in [0.15, 0.2) is 0 Å². The van der Waals surface area contributed by atoms with Crippen LogP contribution in [-0.4, -0.2) is 36.5 Å². The fraction of sp³-hybridized carbons (Fsp3) is 1.00. The lowest BCUT2D eigenvalue weighted by molar-refractivity contribution is -0.0269. The van der Waals surface area contributed by atoms with Crippen LogP contribution in [0, 0.1) is 11.3 Å². The molecule has 1 aliphatic heterocycles. The highest BCUT2D eigenvalue weighted by molar-refractivity contribution is 4.91. The van der Waals surface area contributed by atoms with Crippen molar-refractivity contribution < 1.29 is 9.84 Å². The van der Waals surface area contributed by atoms with Crippen molar-refractivity contribution in [3.63, 3.8) is 0 Å². The van der Waals surface area contributed by atoms with Gasteiger partial charge in [0.2, 0.25) is 0 Å². The zero-order chi connectivity index (χ0) is 13.2. The zero-order valence-electron chi connectivity index (χ0n) is 12.2. The predicted molar refractivity (Wildman–Crippen MR) is 73.6 cm³/mol. The summed E-state index contributed by atoms with van der Waals surface area (Å²) in [5.41, 5.74) is -0.0691. The maximum Gasteiger partial charge on any atom is 0.0772 e. The van der Waals surface area contributed by atoms with Crippen molar-refractivity contribution in [1.29, 1.82) is 0 Å². The van der Waals surface area contributed by atoms with Crippen LogP contribution in [0.1, 0.15) is 52.9 Å². The van der Waals surface area contributed by atoms with Gasteiger partial charge in [-0.25, -0.2) is 0 Å². The molecule has 0 aromatic heterocycles. The van der Waals surface area contributed by atoms with E-state index >= 15 is 0 Å². The molecule has 0 spiro atoms. The summed E-state index contributed by atoms with van der Waals surface area (Å²) in [4.78, 5) is 0. The van der Waals surface area contributed by atoms with Crippen molar-refractivity contribution in [2.45, 2.75) is 64.5 Å². The first kappa shape index (κ1) is 14.3. The summed E-state index contributed by atoms with van der Waals surface area (Å²) >= 11 is 0. The number of hydrogen-bond acceptors (Lipinski definition) is 3. The van der Waals surface area contributed by atoms with Gasteiger partial charge in [-0.05, 0) is 50.4 Å². The van der Waals surface area contributed by atoms with Gasteiger partial charge in [-0.15, -0.1) is 0 Å². The quantitative estimate of drug-likeness (QED) is 0.810. The van der Waals surface area contributed by atoms with E-state index in [2.05, 4.69) is 26.1 Å². The van der Waals surface area contributed by atoms with Crippen molar-refractivity contribution >= 4 is 0 Å². The van der Waals surface area contributed by atoms with E-state index in [1.54, 1.807) is 0 Å². The van der Waals surface area contributed by atoms with Gasteiger partial charge in [0.05, 0.1) is 12.2 Å². The fourth-order valence-corrected chi connectivity index (χ4v) is 3.03. The Morgan fingerprint density at radius 2 is 1.94 bits per heavy atom. The van der Waals surface area contributed by atoms with Crippen LogP contribution in [-0.2, 0) is 4.74 Å². The molecule has 2 unspecified atom stereocenters. The van der Waals surface area contributed by atoms with E-state index in [1.165, 1.54) is 0 Å². The largest absolute Gasteiger partial charge is 0.389 e. The normalized spacial score (nSPS) is 32.3. The average molecular weight is 255 g/mol. The molecule has 3 nitrogen and oxygen atoms in total. The number of nitrogens with one attached hydrogen (secondary N) is 1. The zero-order valence-corrected chi connectivity index (χ0v) is 12.2. The van der Waals surface area contributed by atoms with Gasteiger partial charge in [0.1, 0.15) is 0 Å². The summed E-state index contributed by atoms with van der Waals surface area (Å²) in [7, 11) is 0. The third kappa shape index (κ3) is 3.69. The lowest BCUT2D eigenvalue weighted by Gasteiger charge is -2.41. The Balaban J connectivity index is 1.75. The highest BCUT2D eigenvalue weighted by Crippen LogP contribution is 2.39. The summed E-state index contributed by atoms with van der Waals surface area (Å²) in [5, 5.41) is 14.1. The van der Waals surface area contributed by atoms with Crippen molar-refractivity contribution in [3.8, 4) is 0 Å². The Morgan fingerprint density at radius 3 is 2.50 bits per heavy atom. The standard InChI is InChI=1S/C15H29NO2/c1-12(13-4-9-18-10-13)16-11-15(17)7-5-14(2,3)6-8-15/h12-13,16-17H,4-11H2,1-3H3. The maximum absolute atomic E-state index is 10.6. The Bertz CT molecular complexity index is 262. The number of aliphatic hydroxyl groups is 1. The average Bonchev–Trinajstić information content (AvgIpc) is 2.85. The second kappa shape index (κ2) is 5.48. The Kier molecular flexibility index (Phi) is 4.35. The van der Waals surface area contributed by atoms with E-state index in [0.717, 1.165) is 51.9 Å². The second-order valence-corrected chi connectivity index (χ2v) is 7.18. The minimum absolute atomic E-state index is 0.414. The molecule has 0 aromatic rings. The van der Waals surface area contributed by atoms with Gasteiger partial charge in [0, 0.05) is 19.2 Å². The first-order chi connectivity index (χ1) is 8.40. The van der Waals surface area contributed by atoms with E-state index in [1.807, 2.05) is 0 Å². The predicted octanol–water partition coefficient (Wildman–Crippen LogP) is 2.33. The smallest absolute Gasteiger partial charge is 0.0772 e. The van der Waals surface area contributed by atoms with Crippen molar-refractivity contribution in [2.75, 3.05) is 19.8 Å². The first-order valence-corrected chi connectivity index (χ1v) is 7.44. The fourth-order valence-electron chi connectivity index (χ4n) is 3.03. The lowest BCUT2D eigenvalue weighted by atomic mass is 9.71. The van der Waals surface area contributed by atoms with Gasteiger partial charge in [-0.3, -0.25) is 0 Å². The van der Waals surface area contributed by atoms with Crippen LogP contribution in [0.25, 0.3) is 0 Å². The highest BCUT2D eigenvalue weighted by atomic mass is 16.5. The van der Waals surface area contributed by atoms with Crippen LogP contribution in [0.5, 0.6) is 0 Å². The molecule has 0 bridgehead atoms. The molecule has 2 atom stereocenters. The SMILES string of the molecule is CC(NCC1(O)CCC(C)(C)CC1)C1CCOC1. The number of rotatable bonds is 4. The summed E-state index contributed by atoms with van der Waals surface area (Å²) in [6.45, 7) is 9.34. The highest BCUT2D eigenvalue weighted by Gasteiger charge is 2.37. The molecule has 3 heteroatoms. The van der Waals surface area contributed by atoms with E-state index in [4.69, 9.17) is 4.74 Å². The molecule has 1 heterocycles. The molecule has 0 radical (unpaired) electrons. The van der Waals surface area contributed by atoms with Crippen LogP contribution >= 0.6 is 0 Å². The molecule has 2 aliphatic rings. The molecule has 2 rings (SSSR count). The van der Waals surface area contributed by atoms with E-state index in [-0.39, 0.29) is 0 Å². The molecule has 1 saturated carbocycles. The van der Waals surface area contributed by atoms with Gasteiger partial charge >= 0.3 is 0 Å². The van der Waals surface area contributed by atoms with E-state index in [9.17, 15) is 5.11 Å². The molecule has 2 N–H and O–H groups in total. The Labute approximate surface area is 111 Å². The molecular formula is C15H29NO2. The van der Waals surface area contributed by atoms with Gasteiger partial charge in [-0.1, -0.05) is 13.8 Å². The summed E-state index contributed by atoms with van der Waals surface area (Å²) in [6.07, 6.45) is 5.28. The minimum Gasteiger partial charge on any atom is -0.389 e. The summed E-state index contributed by atoms with van der Waals surface area (Å²) in [6, 6.07) is 0.450. The third-order valence-corrected chi connectivity index (χ3v) is 4.96. The topological polar surface area (TPSA) is 41.5 Å². The lowest BCUT2D eigenvalue weighted by Crippen LogP contribution is -2.48. The van der Waals surface area contributed by atoms with Crippen LogP contribution < -0.4 is 5.32 Å². The van der Waals surface area contributed by atoms with Gasteiger partial charge in [0.25, 0.3) is 0 Å². The van der Waals surface area contributed by atoms with Gasteiger partial charge in [-0.2, -0.15) is 0 Å². The summed E-state index contributed by atoms with van der Waals surface area (Å²) < 4.78 is 5.42. The monoisotopic (exact) mass is 255 g/mol. The molecule has 1 saturated heterocycles. The first-order valence-electron chi connectivity index (χ1n) is 7.44. The molecule has 1 aliphatic carbocycles. The van der Waals surface area contributed by atoms with Crippen molar-refractivity contribution in [3.05, 3.63) is 0 Å². The summed E-state index contributed by atoms with van der Waals surface area (Å²) in [5.74, 6) is 0.619. The maximum atomic E-state index is 10.6. The third-order valence-electron chi connectivity index (χ3n) is 4.96. The second-order valence-electron chi connectivity index (χ2n) is 7.18. The van der Waals surface area contributed by atoms with Gasteiger partial charge in [0.15, 0.2) is 0 Å². The molecular weight excluding hydrogens is 226 g/mol.